The molecule has 0 atom stereocenters. The van der Waals surface area contributed by atoms with Crippen LogP contribution in [0, 0.1) is 5.41 Å². The summed E-state index contributed by atoms with van der Waals surface area (Å²) in [6.45, 7) is 11.2. The highest BCUT2D eigenvalue weighted by Gasteiger charge is 2.19. The van der Waals surface area contributed by atoms with Crippen molar-refractivity contribution in [2.45, 2.75) is 20.8 Å². The van der Waals surface area contributed by atoms with Gasteiger partial charge in [0.2, 0.25) is 0 Å². The Balaban J connectivity index is 2.98. The van der Waals surface area contributed by atoms with E-state index in [2.05, 4.69) is 43.3 Å². The lowest BCUT2D eigenvalue weighted by molar-refractivity contribution is 0.241. The molecule has 0 unspecified atom stereocenters. The summed E-state index contributed by atoms with van der Waals surface area (Å²) in [7, 11) is 0. The number of alkyl halides is 1. The first kappa shape index (κ1) is 20.3. The van der Waals surface area contributed by atoms with Crippen LogP contribution in [-0.4, -0.2) is 23.5 Å². The first-order valence-electron chi connectivity index (χ1n) is 7.85. The van der Waals surface area contributed by atoms with Crippen LogP contribution in [0.3, 0.4) is 0 Å². The van der Waals surface area contributed by atoms with Crippen molar-refractivity contribution in [3.8, 4) is 5.75 Å². The molecule has 0 aliphatic heterocycles. The van der Waals surface area contributed by atoms with Crippen molar-refractivity contribution >= 4 is 15.9 Å². The van der Waals surface area contributed by atoms with E-state index in [4.69, 9.17) is 16.3 Å². The Labute approximate surface area is 153 Å². The number of benzene rings is 1. The van der Waals surface area contributed by atoms with Gasteiger partial charge in [-0.15, -0.1) is 0 Å². The van der Waals surface area contributed by atoms with Crippen LogP contribution in [0.2, 0.25) is 0 Å². The third-order valence-electron chi connectivity index (χ3n) is 3.20. The molecule has 0 saturated carbocycles. The number of nitrogens with zero attached hydrogens (tertiary/aromatic N) is 1. The van der Waals surface area contributed by atoms with Crippen LogP contribution in [-0.2, 0) is 0 Å². The third-order valence-corrected chi connectivity index (χ3v) is 3.88. The first-order chi connectivity index (χ1) is 11.3. The molecule has 0 aromatic heterocycles. The normalized spacial score (nSPS) is 13.3. The Kier molecular flexibility index (Phi) is 8.08. The molecule has 0 aliphatic carbocycles. The highest BCUT2D eigenvalue weighted by atomic mass is 79.9. The molecule has 0 aliphatic rings. The fraction of sp³-hybridized carbons (Fsp3) is 0.368. The maximum absolute atomic E-state index is 6.37. The van der Waals surface area contributed by atoms with E-state index in [1.807, 2.05) is 36.4 Å². The number of nitrogens with two attached hydrogens (primary N) is 2. The van der Waals surface area contributed by atoms with Crippen LogP contribution in [0.25, 0.3) is 0 Å². The summed E-state index contributed by atoms with van der Waals surface area (Å²) < 4.78 is 5.81. The number of hydrogen-bond donors (Lipinski definition) is 2. The zero-order valence-electron chi connectivity index (χ0n) is 14.8. The second-order valence-corrected chi connectivity index (χ2v) is 7.29. The Morgan fingerprint density at radius 2 is 1.92 bits per heavy atom. The number of para-hydroxylation sites is 1. The molecule has 0 spiro atoms. The van der Waals surface area contributed by atoms with Crippen LogP contribution >= 0.6 is 15.9 Å². The largest absolute Gasteiger partial charge is 0.489 e. The van der Waals surface area contributed by atoms with Gasteiger partial charge in [0, 0.05) is 17.4 Å². The fourth-order valence-electron chi connectivity index (χ4n) is 2.10. The Morgan fingerprint density at radius 3 is 2.42 bits per heavy atom. The fourth-order valence-corrected chi connectivity index (χ4v) is 2.57. The lowest BCUT2D eigenvalue weighted by Crippen LogP contribution is -2.39. The number of hydrogen-bond acceptors (Lipinski definition) is 4. The van der Waals surface area contributed by atoms with Crippen molar-refractivity contribution in [2.24, 2.45) is 17.0 Å². The van der Waals surface area contributed by atoms with Gasteiger partial charge in [0.15, 0.2) is 0 Å². The summed E-state index contributed by atoms with van der Waals surface area (Å²) in [6, 6.07) is 9.65. The standard InChI is InChI=1S/C19H28BrN3O/c1-5-9-17(23(22)14-19(2,3)4)18(21)15(12-20)13-24-16-10-7-6-8-11-16/h5-11H,1,12-14,21-22H2,2-4H3/b17-9+,18-15+. The Hall–Kier alpha value is -1.72. The van der Waals surface area contributed by atoms with Gasteiger partial charge in [0.1, 0.15) is 12.4 Å². The number of allylic oxidation sites excluding steroid dienone is 2. The summed E-state index contributed by atoms with van der Waals surface area (Å²) >= 11 is 3.49. The van der Waals surface area contributed by atoms with E-state index in [0.717, 1.165) is 17.0 Å². The lowest BCUT2D eigenvalue weighted by atomic mass is 9.96. The minimum absolute atomic E-state index is 0.0460. The molecule has 1 rings (SSSR count). The molecule has 4 N–H and O–H groups in total. The average molecular weight is 394 g/mol. The molecular formula is C19H28BrN3O. The second-order valence-electron chi connectivity index (χ2n) is 6.73. The molecular weight excluding hydrogens is 366 g/mol. The van der Waals surface area contributed by atoms with E-state index in [1.54, 1.807) is 11.1 Å². The van der Waals surface area contributed by atoms with Crippen LogP contribution in [0.4, 0.5) is 0 Å². The van der Waals surface area contributed by atoms with Crippen molar-refractivity contribution in [1.82, 2.24) is 5.01 Å². The topological polar surface area (TPSA) is 64.5 Å². The van der Waals surface area contributed by atoms with E-state index in [0.29, 0.717) is 24.2 Å². The number of rotatable bonds is 8. The van der Waals surface area contributed by atoms with Crippen molar-refractivity contribution in [3.05, 3.63) is 66.0 Å². The zero-order valence-corrected chi connectivity index (χ0v) is 16.3. The highest BCUT2D eigenvalue weighted by Crippen LogP contribution is 2.21. The van der Waals surface area contributed by atoms with Gasteiger partial charge >= 0.3 is 0 Å². The quantitative estimate of drug-likeness (QED) is 0.303. The van der Waals surface area contributed by atoms with Gasteiger partial charge in [-0.25, -0.2) is 5.84 Å². The Bertz CT molecular complexity index is 588. The number of ether oxygens (including phenoxy) is 1. The van der Waals surface area contributed by atoms with Crippen molar-refractivity contribution < 1.29 is 4.74 Å². The monoisotopic (exact) mass is 393 g/mol. The van der Waals surface area contributed by atoms with E-state index in [1.165, 1.54) is 0 Å². The van der Waals surface area contributed by atoms with Crippen LogP contribution in [0.15, 0.2) is 66.0 Å². The molecule has 0 heterocycles. The minimum Gasteiger partial charge on any atom is -0.489 e. The molecule has 5 heteroatoms. The van der Waals surface area contributed by atoms with Gasteiger partial charge in [-0.3, -0.25) is 0 Å². The number of halogens is 1. The lowest BCUT2D eigenvalue weighted by Gasteiger charge is -2.30. The summed E-state index contributed by atoms with van der Waals surface area (Å²) in [6.07, 6.45) is 3.51. The van der Waals surface area contributed by atoms with Gasteiger partial charge in [-0.05, 0) is 23.6 Å². The summed E-state index contributed by atoms with van der Waals surface area (Å²) in [5, 5.41) is 2.27. The smallest absolute Gasteiger partial charge is 0.119 e. The predicted molar refractivity (Wildman–Crippen MR) is 106 cm³/mol. The molecule has 1 aromatic rings. The third kappa shape index (κ3) is 6.81. The van der Waals surface area contributed by atoms with Crippen molar-refractivity contribution in [1.29, 1.82) is 0 Å². The molecule has 132 valence electrons. The van der Waals surface area contributed by atoms with E-state index in [9.17, 15) is 0 Å². The minimum atomic E-state index is 0.0460. The van der Waals surface area contributed by atoms with Crippen LogP contribution < -0.4 is 16.3 Å². The first-order valence-corrected chi connectivity index (χ1v) is 8.97. The molecule has 0 radical (unpaired) electrons. The van der Waals surface area contributed by atoms with Gasteiger partial charge < -0.3 is 15.5 Å². The van der Waals surface area contributed by atoms with Gasteiger partial charge in [0.05, 0.1) is 11.4 Å². The molecule has 0 bridgehead atoms. The number of hydrazine groups is 1. The van der Waals surface area contributed by atoms with E-state index < -0.39 is 0 Å². The van der Waals surface area contributed by atoms with Gasteiger partial charge in [0.25, 0.3) is 0 Å². The summed E-state index contributed by atoms with van der Waals surface area (Å²) in [5.74, 6) is 7.04. The maximum atomic E-state index is 6.37. The van der Waals surface area contributed by atoms with Crippen LogP contribution in [0.5, 0.6) is 5.75 Å². The molecule has 4 nitrogen and oxygen atoms in total. The van der Waals surface area contributed by atoms with E-state index in [-0.39, 0.29) is 5.41 Å². The van der Waals surface area contributed by atoms with E-state index >= 15 is 0 Å². The maximum Gasteiger partial charge on any atom is 0.119 e. The van der Waals surface area contributed by atoms with Gasteiger partial charge in [-0.2, -0.15) is 0 Å². The SMILES string of the molecule is C=C/C=C(\C(N)=C(\CBr)COc1ccccc1)N(N)CC(C)(C)C. The second kappa shape index (κ2) is 9.55. The summed E-state index contributed by atoms with van der Waals surface area (Å²) in [5.41, 5.74) is 8.70. The van der Waals surface area contributed by atoms with Gasteiger partial charge in [-0.1, -0.05) is 67.6 Å². The molecule has 0 saturated heterocycles. The predicted octanol–water partition coefficient (Wildman–Crippen LogP) is 3.96. The van der Waals surface area contributed by atoms with Crippen molar-refractivity contribution in [3.63, 3.8) is 0 Å². The highest BCUT2D eigenvalue weighted by molar-refractivity contribution is 9.09. The molecule has 24 heavy (non-hydrogen) atoms. The average Bonchev–Trinajstić information content (AvgIpc) is 2.52. The molecule has 0 amide bonds. The van der Waals surface area contributed by atoms with Crippen molar-refractivity contribution in [2.75, 3.05) is 18.5 Å². The molecule has 0 fully saturated rings. The Morgan fingerprint density at radius 1 is 1.29 bits per heavy atom. The zero-order chi connectivity index (χ0) is 18.2. The summed E-state index contributed by atoms with van der Waals surface area (Å²) in [4.78, 5) is 0. The molecule has 1 aromatic carbocycles. The van der Waals surface area contributed by atoms with Crippen LogP contribution in [0.1, 0.15) is 20.8 Å².